The molecule has 0 bridgehead atoms. The molecular weight excluding hydrogens is 416 g/mol. The summed E-state index contributed by atoms with van der Waals surface area (Å²) in [4.78, 5) is 29.3. The van der Waals surface area contributed by atoms with Gasteiger partial charge in [0.25, 0.3) is 5.91 Å². The molecule has 0 radical (unpaired) electrons. The number of piperazine rings is 1. The van der Waals surface area contributed by atoms with Crippen LogP contribution in [0.2, 0.25) is 5.02 Å². The average molecular weight is 445 g/mol. The molecular formula is C24H29ClN2O4. The maximum Gasteiger partial charge on any atom is 0.314 e. The third-order valence-electron chi connectivity index (χ3n) is 5.56. The van der Waals surface area contributed by atoms with Crippen molar-refractivity contribution in [2.24, 2.45) is 5.92 Å². The van der Waals surface area contributed by atoms with Crippen LogP contribution in [0.25, 0.3) is 0 Å². The van der Waals surface area contributed by atoms with Crippen LogP contribution < -0.4 is 9.64 Å². The predicted molar refractivity (Wildman–Crippen MR) is 122 cm³/mol. The van der Waals surface area contributed by atoms with Crippen molar-refractivity contribution < 1.29 is 19.1 Å². The van der Waals surface area contributed by atoms with Crippen LogP contribution in [0.4, 0.5) is 5.69 Å². The molecule has 1 saturated heterocycles. The maximum atomic E-state index is 12.7. The smallest absolute Gasteiger partial charge is 0.314 e. The average Bonchev–Trinajstić information content (AvgIpc) is 2.79. The lowest BCUT2D eigenvalue weighted by Crippen LogP contribution is -2.50. The first-order valence-electron chi connectivity index (χ1n) is 10.5. The molecule has 1 heterocycles. The van der Waals surface area contributed by atoms with Gasteiger partial charge in [0.2, 0.25) is 0 Å². The van der Waals surface area contributed by atoms with Gasteiger partial charge in [-0.1, -0.05) is 37.6 Å². The van der Waals surface area contributed by atoms with Crippen LogP contribution in [0.5, 0.6) is 5.75 Å². The Labute approximate surface area is 188 Å². The Morgan fingerprint density at radius 3 is 2.13 bits per heavy atom. The zero-order chi connectivity index (χ0) is 22.4. The fraction of sp³-hybridized carbons (Fsp3) is 0.417. The van der Waals surface area contributed by atoms with Crippen molar-refractivity contribution in [3.05, 3.63) is 59.1 Å². The first-order chi connectivity index (χ1) is 14.9. The number of carbonyl (C=O) groups excluding carboxylic acids is 2. The fourth-order valence-corrected chi connectivity index (χ4v) is 3.91. The highest BCUT2D eigenvalue weighted by Gasteiger charge is 2.28. The van der Waals surface area contributed by atoms with Gasteiger partial charge in [-0.2, -0.15) is 0 Å². The number of hydrogen-bond acceptors (Lipinski definition) is 5. The van der Waals surface area contributed by atoms with Gasteiger partial charge in [-0.25, -0.2) is 0 Å². The van der Waals surface area contributed by atoms with Gasteiger partial charge < -0.3 is 19.3 Å². The predicted octanol–water partition coefficient (Wildman–Crippen LogP) is 3.98. The van der Waals surface area contributed by atoms with Crippen LogP contribution >= 0.6 is 11.6 Å². The number of hydrogen-bond donors (Lipinski definition) is 0. The van der Waals surface area contributed by atoms with E-state index in [1.165, 1.54) is 0 Å². The van der Waals surface area contributed by atoms with Gasteiger partial charge in [0.05, 0.1) is 13.0 Å². The van der Waals surface area contributed by atoms with Gasteiger partial charge in [0, 0.05) is 36.9 Å². The molecule has 6 nitrogen and oxygen atoms in total. The van der Waals surface area contributed by atoms with Crippen LogP contribution in [-0.2, 0) is 14.3 Å². The molecule has 2 aromatic rings. The van der Waals surface area contributed by atoms with Gasteiger partial charge in [-0.05, 0) is 47.9 Å². The van der Waals surface area contributed by atoms with Gasteiger partial charge >= 0.3 is 5.97 Å². The highest BCUT2D eigenvalue weighted by Crippen LogP contribution is 2.27. The molecule has 1 unspecified atom stereocenters. The van der Waals surface area contributed by atoms with E-state index in [2.05, 4.69) is 4.90 Å². The van der Waals surface area contributed by atoms with E-state index >= 15 is 0 Å². The summed E-state index contributed by atoms with van der Waals surface area (Å²) in [5, 5.41) is 0.614. The molecule has 1 atom stereocenters. The second-order valence-corrected chi connectivity index (χ2v) is 8.38. The van der Waals surface area contributed by atoms with Crippen molar-refractivity contribution in [2.75, 3.05) is 44.8 Å². The molecule has 0 saturated carbocycles. The second kappa shape index (κ2) is 10.5. The second-order valence-electron chi connectivity index (χ2n) is 7.95. The summed E-state index contributed by atoms with van der Waals surface area (Å²) < 4.78 is 10.6. The number of rotatable bonds is 7. The highest BCUT2D eigenvalue weighted by atomic mass is 35.5. The minimum Gasteiger partial charge on any atom is -0.497 e. The standard InChI is InChI=1S/C24H29ClN2O4/c1-17(2)23(18-4-6-19(25)7-5-18)24(29)31-16-22(28)27-14-12-26(13-15-27)20-8-10-21(30-3)11-9-20/h4-11,17,23H,12-16H2,1-3H3. The molecule has 0 spiro atoms. The third-order valence-corrected chi connectivity index (χ3v) is 5.81. The van der Waals surface area contributed by atoms with Crippen molar-refractivity contribution in [3.63, 3.8) is 0 Å². The SMILES string of the molecule is COc1ccc(N2CCN(C(=O)COC(=O)C(c3ccc(Cl)cc3)C(C)C)CC2)cc1. The minimum atomic E-state index is -0.433. The summed E-state index contributed by atoms with van der Waals surface area (Å²) in [6, 6.07) is 15.1. The van der Waals surface area contributed by atoms with Crippen LogP contribution in [0.3, 0.4) is 0 Å². The summed E-state index contributed by atoms with van der Waals surface area (Å²) in [5.41, 5.74) is 1.94. The molecule has 2 aromatic carbocycles. The Morgan fingerprint density at radius 2 is 1.58 bits per heavy atom. The van der Waals surface area contributed by atoms with Crippen LogP contribution in [-0.4, -0.2) is 56.7 Å². The lowest BCUT2D eigenvalue weighted by atomic mass is 9.88. The van der Waals surface area contributed by atoms with E-state index < -0.39 is 5.92 Å². The van der Waals surface area contributed by atoms with E-state index in [-0.39, 0.29) is 24.4 Å². The van der Waals surface area contributed by atoms with Gasteiger partial charge in [-0.3, -0.25) is 9.59 Å². The number of anilines is 1. The van der Waals surface area contributed by atoms with Crippen molar-refractivity contribution >= 4 is 29.2 Å². The Morgan fingerprint density at radius 1 is 0.968 bits per heavy atom. The number of methoxy groups -OCH3 is 1. The van der Waals surface area contributed by atoms with E-state index in [0.717, 1.165) is 30.1 Å². The highest BCUT2D eigenvalue weighted by molar-refractivity contribution is 6.30. The van der Waals surface area contributed by atoms with Gasteiger partial charge in [0.15, 0.2) is 6.61 Å². The van der Waals surface area contributed by atoms with Crippen molar-refractivity contribution in [1.29, 1.82) is 0 Å². The summed E-state index contributed by atoms with van der Waals surface area (Å²) in [5.74, 6) is -0.129. The zero-order valence-electron chi connectivity index (χ0n) is 18.2. The number of amides is 1. The number of benzene rings is 2. The molecule has 1 aliphatic heterocycles. The molecule has 0 aromatic heterocycles. The first kappa shape index (κ1) is 22.9. The number of carbonyl (C=O) groups is 2. The molecule has 31 heavy (non-hydrogen) atoms. The number of nitrogens with zero attached hydrogens (tertiary/aromatic N) is 2. The summed E-state index contributed by atoms with van der Waals surface area (Å²) in [6.07, 6.45) is 0. The largest absolute Gasteiger partial charge is 0.497 e. The summed E-state index contributed by atoms with van der Waals surface area (Å²) in [6.45, 7) is 6.32. The Kier molecular flexibility index (Phi) is 7.80. The molecule has 1 aliphatic rings. The molecule has 3 rings (SSSR count). The van der Waals surface area contributed by atoms with Crippen LogP contribution in [0, 0.1) is 5.92 Å². The van der Waals surface area contributed by atoms with Gasteiger partial charge in [-0.15, -0.1) is 0 Å². The Hall–Kier alpha value is -2.73. The van der Waals surface area contributed by atoms with Crippen LogP contribution in [0.1, 0.15) is 25.3 Å². The van der Waals surface area contributed by atoms with Crippen molar-refractivity contribution in [2.45, 2.75) is 19.8 Å². The van der Waals surface area contributed by atoms with Crippen molar-refractivity contribution in [1.82, 2.24) is 4.90 Å². The number of esters is 1. The molecule has 1 amide bonds. The van der Waals surface area contributed by atoms with Crippen LogP contribution in [0.15, 0.2) is 48.5 Å². The minimum absolute atomic E-state index is 0.0387. The van der Waals surface area contributed by atoms with E-state index in [1.807, 2.05) is 50.2 Å². The third kappa shape index (κ3) is 5.91. The van der Waals surface area contributed by atoms with Gasteiger partial charge in [0.1, 0.15) is 5.75 Å². The van der Waals surface area contributed by atoms with E-state index in [9.17, 15) is 9.59 Å². The number of halogens is 1. The summed E-state index contributed by atoms with van der Waals surface area (Å²) >= 11 is 5.95. The Bertz CT molecular complexity index is 875. The maximum absolute atomic E-state index is 12.7. The summed E-state index contributed by atoms with van der Waals surface area (Å²) in [7, 11) is 1.64. The monoisotopic (exact) mass is 444 g/mol. The lowest BCUT2D eigenvalue weighted by molar-refractivity contribution is -0.154. The molecule has 0 aliphatic carbocycles. The molecule has 0 N–H and O–H groups in total. The molecule has 7 heteroatoms. The zero-order valence-corrected chi connectivity index (χ0v) is 19.0. The quantitative estimate of drug-likeness (QED) is 0.604. The lowest BCUT2D eigenvalue weighted by Gasteiger charge is -2.36. The number of ether oxygens (including phenoxy) is 2. The first-order valence-corrected chi connectivity index (χ1v) is 10.9. The van der Waals surface area contributed by atoms with E-state index in [1.54, 1.807) is 24.1 Å². The molecule has 166 valence electrons. The Balaban J connectivity index is 1.51. The molecule has 1 fully saturated rings. The topological polar surface area (TPSA) is 59.1 Å². The van der Waals surface area contributed by atoms with E-state index in [0.29, 0.717) is 18.1 Å². The van der Waals surface area contributed by atoms with Crippen molar-refractivity contribution in [3.8, 4) is 5.75 Å². The fourth-order valence-electron chi connectivity index (χ4n) is 3.78. The normalized spacial score (nSPS) is 15.0. The van der Waals surface area contributed by atoms with E-state index in [4.69, 9.17) is 21.1 Å².